The molecule has 2 aromatic rings. The topological polar surface area (TPSA) is 64.6 Å². The average molecular weight is 449 g/mol. The lowest BCUT2D eigenvalue weighted by molar-refractivity contribution is 0.0790. The van der Waals surface area contributed by atoms with Gasteiger partial charge in [-0.2, -0.15) is 0 Å². The van der Waals surface area contributed by atoms with E-state index in [1.165, 1.54) is 24.1 Å². The molecule has 33 heavy (non-hydrogen) atoms. The van der Waals surface area contributed by atoms with Crippen LogP contribution in [0.4, 0.5) is 11.5 Å². The number of carbonyl (C=O) groups is 1. The number of likely N-dealkylation sites (N-methyl/N-ethyl adjacent to an activating group) is 1. The van der Waals surface area contributed by atoms with Crippen molar-refractivity contribution in [3.8, 4) is 0 Å². The molecule has 1 aromatic heterocycles. The minimum atomic E-state index is 0.114. The van der Waals surface area contributed by atoms with Crippen molar-refractivity contribution in [1.82, 2.24) is 19.8 Å². The highest BCUT2D eigenvalue weighted by atomic mass is 16.2. The molecule has 7 heteroatoms. The minimum absolute atomic E-state index is 0.114. The van der Waals surface area contributed by atoms with Gasteiger partial charge in [-0.25, -0.2) is 9.97 Å². The van der Waals surface area contributed by atoms with Crippen molar-refractivity contribution in [2.45, 2.75) is 45.1 Å². The summed E-state index contributed by atoms with van der Waals surface area (Å²) in [4.78, 5) is 29.7. The van der Waals surface area contributed by atoms with Crippen molar-refractivity contribution in [3.63, 3.8) is 0 Å². The van der Waals surface area contributed by atoms with E-state index in [-0.39, 0.29) is 11.8 Å². The fraction of sp³-hybridized carbons (Fsp3) is 0.577. The highest BCUT2D eigenvalue weighted by molar-refractivity contribution is 5.94. The van der Waals surface area contributed by atoms with Gasteiger partial charge >= 0.3 is 0 Å². The third kappa shape index (κ3) is 4.56. The number of nitrogens with one attached hydrogen (secondary N) is 1. The molecule has 2 fully saturated rings. The summed E-state index contributed by atoms with van der Waals surface area (Å²) >= 11 is 0. The Hall–Kier alpha value is -2.67. The molecule has 1 atom stereocenters. The van der Waals surface area contributed by atoms with Crippen LogP contribution in [-0.2, 0) is 13.0 Å². The maximum atomic E-state index is 13.2. The van der Waals surface area contributed by atoms with E-state index in [0.717, 1.165) is 74.4 Å². The van der Waals surface area contributed by atoms with Crippen LogP contribution in [0.2, 0.25) is 0 Å². The molecule has 2 saturated heterocycles. The largest absolute Gasteiger partial charge is 0.373 e. The van der Waals surface area contributed by atoms with Crippen LogP contribution in [0.1, 0.15) is 59.5 Å². The Morgan fingerprint density at radius 3 is 2.52 bits per heavy atom. The summed E-state index contributed by atoms with van der Waals surface area (Å²) in [6, 6.07) is 8.21. The summed E-state index contributed by atoms with van der Waals surface area (Å²) in [6.45, 7) is 7.87. The Labute approximate surface area is 197 Å². The van der Waals surface area contributed by atoms with Gasteiger partial charge < -0.3 is 20.0 Å². The fourth-order valence-electron chi connectivity index (χ4n) is 5.39. The Kier molecular flexibility index (Phi) is 6.23. The van der Waals surface area contributed by atoms with Crippen LogP contribution < -0.4 is 10.2 Å². The molecule has 176 valence electrons. The van der Waals surface area contributed by atoms with E-state index in [2.05, 4.69) is 41.2 Å². The number of anilines is 2. The second-order valence-electron chi connectivity index (χ2n) is 10.0. The van der Waals surface area contributed by atoms with Crippen molar-refractivity contribution in [1.29, 1.82) is 0 Å². The summed E-state index contributed by atoms with van der Waals surface area (Å²) in [5.41, 5.74) is 4.37. The SMILES string of the molecule is CNc1nc([C@@H]2CCN(C(=O)c3ccc(N4CCC(C)CC4)cc3)C2)nc2c1CCN(C)C2. The zero-order valence-electron chi connectivity index (χ0n) is 20.2. The zero-order valence-corrected chi connectivity index (χ0v) is 20.2. The van der Waals surface area contributed by atoms with Gasteiger partial charge in [0.05, 0.1) is 5.69 Å². The first-order valence-electron chi connectivity index (χ1n) is 12.4. The molecular weight excluding hydrogens is 412 g/mol. The molecule has 7 nitrogen and oxygen atoms in total. The van der Waals surface area contributed by atoms with Gasteiger partial charge in [0.25, 0.3) is 5.91 Å². The summed E-state index contributed by atoms with van der Waals surface area (Å²) in [7, 11) is 4.07. The predicted molar refractivity (Wildman–Crippen MR) is 132 cm³/mol. The average Bonchev–Trinajstić information content (AvgIpc) is 3.33. The molecule has 3 aliphatic heterocycles. The number of hydrogen-bond donors (Lipinski definition) is 1. The molecule has 4 heterocycles. The van der Waals surface area contributed by atoms with E-state index in [9.17, 15) is 4.79 Å². The number of benzene rings is 1. The molecule has 5 rings (SSSR count). The lowest BCUT2D eigenvalue weighted by Gasteiger charge is -2.32. The standard InChI is InChI=1S/C26H36N6O/c1-18-8-13-31(14-9-18)21-6-4-19(5-7-21)26(33)32-15-10-20(16-32)24-28-23-17-30(3)12-11-22(23)25(27-2)29-24/h4-7,18,20H,8-17H2,1-3H3,(H,27,28,29)/t20-/m1/s1. The molecule has 0 saturated carbocycles. The van der Waals surface area contributed by atoms with Gasteiger partial charge in [0.15, 0.2) is 0 Å². The van der Waals surface area contributed by atoms with E-state index >= 15 is 0 Å². The molecule has 0 spiro atoms. The molecule has 0 unspecified atom stereocenters. The van der Waals surface area contributed by atoms with Crippen molar-refractivity contribution in [2.24, 2.45) is 5.92 Å². The number of likely N-dealkylation sites (tertiary alicyclic amines) is 1. The molecule has 1 amide bonds. The van der Waals surface area contributed by atoms with E-state index in [4.69, 9.17) is 9.97 Å². The van der Waals surface area contributed by atoms with Crippen molar-refractivity contribution in [3.05, 3.63) is 46.9 Å². The predicted octanol–water partition coefficient (Wildman–Crippen LogP) is 3.37. The van der Waals surface area contributed by atoms with Crippen molar-refractivity contribution >= 4 is 17.4 Å². The van der Waals surface area contributed by atoms with Crippen LogP contribution in [-0.4, -0.2) is 72.5 Å². The van der Waals surface area contributed by atoms with Crippen LogP contribution in [0.3, 0.4) is 0 Å². The Balaban J connectivity index is 1.26. The molecule has 0 aliphatic carbocycles. The van der Waals surface area contributed by atoms with Gasteiger partial charge in [-0.1, -0.05) is 6.92 Å². The van der Waals surface area contributed by atoms with Gasteiger partial charge in [0.2, 0.25) is 0 Å². The van der Waals surface area contributed by atoms with E-state index in [1.54, 1.807) is 0 Å². The third-order valence-corrected chi connectivity index (χ3v) is 7.61. The van der Waals surface area contributed by atoms with Gasteiger partial charge in [-0.05, 0) is 62.9 Å². The maximum absolute atomic E-state index is 13.2. The zero-order chi connectivity index (χ0) is 22.9. The van der Waals surface area contributed by atoms with Crippen molar-refractivity contribution in [2.75, 3.05) is 57.0 Å². The lowest BCUT2D eigenvalue weighted by Crippen LogP contribution is -2.33. The Morgan fingerprint density at radius 1 is 1.03 bits per heavy atom. The second-order valence-corrected chi connectivity index (χ2v) is 10.0. The van der Waals surface area contributed by atoms with Gasteiger partial charge in [-0.15, -0.1) is 0 Å². The molecule has 3 aliphatic rings. The number of rotatable bonds is 4. The number of amides is 1. The highest BCUT2D eigenvalue weighted by Crippen LogP contribution is 2.31. The monoisotopic (exact) mass is 448 g/mol. The van der Waals surface area contributed by atoms with Crippen LogP contribution in [0.25, 0.3) is 0 Å². The van der Waals surface area contributed by atoms with Gasteiger partial charge in [0, 0.05) is 69.0 Å². The fourth-order valence-corrected chi connectivity index (χ4v) is 5.39. The first kappa shape index (κ1) is 22.1. The second kappa shape index (κ2) is 9.29. The molecule has 0 radical (unpaired) electrons. The Bertz CT molecular complexity index is 999. The number of nitrogens with zero attached hydrogens (tertiary/aromatic N) is 5. The molecule has 0 bridgehead atoms. The van der Waals surface area contributed by atoms with Crippen LogP contribution in [0.5, 0.6) is 0 Å². The summed E-state index contributed by atoms with van der Waals surface area (Å²) in [5.74, 6) is 2.94. The number of piperidine rings is 1. The van der Waals surface area contributed by atoms with Gasteiger partial charge in [-0.3, -0.25) is 4.79 Å². The highest BCUT2D eigenvalue weighted by Gasteiger charge is 2.31. The normalized spacial score (nSPS) is 21.8. The minimum Gasteiger partial charge on any atom is -0.373 e. The quantitative estimate of drug-likeness (QED) is 0.774. The number of hydrogen-bond acceptors (Lipinski definition) is 6. The summed E-state index contributed by atoms with van der Waals surface area (Å²) < 4.78 is 0. The summed E-state index contributed by atoms with van der Waals surface area (Å²) in [6.07, 6.45) is 4.37. The third-order valence-electron chi connectivity index (χ3n) is 7.61. The molecular formula is C26H36N6O. The van der Waals surface area contributed by atoms with E-state index < -0.39 is 0 Å². The van der Waals surface area contributed by atoms with Crippen molar-refractivity contribution < 1.29 is 4.79 Å². The van der Waals surface area contributed by atoms with Crippen LogP contribution in [0, 0.1) is 5.92 Å². The Morgan fingerprint density at radius 2 is 1.79 bits per heavy atom. The van der Waals surface area contributed by atoms with E-state index in [1.807, 2.05) is 24.1 Å². The van der Waals surface area contributed by atoms with Gasteiger partial charge in [0.1, 0.15) is 11.6 Å². The van der Waals surface area contributed by atoms with Crippen LogP contribution in [0.15, 0.2) is 24.3 Å². The maximum Gasteiger partial charge on any atom is 0.253 e. The van der Waals surface area contributed by atoms with Crippen LogP contribution >= 0.6 is 0 Å². The first-order valence-corrected chi connectivity index (χ1v) is 12.4. The number of carbonyl (C=O) groups excluding carboxylic acids is 1. The number of aromatic nitrogens is 2. The van der Waals surface area contributed by atoms with E-state index in [0.29, 0.717) is 6.54 Å². The molecule has 1 aromatic carbocycles. The lowest BCUT2D eigenvalue weighted by atomic mass is 9.98. The number of fused-ring (bicyclic) bond motifs is 1. The first-order chi connectivity index (χ1) is 16.0. The molecule has 1 N–H and O–H groups in total. The summed E-state index contributed by atoms with van der Waals surface area (Å²) in [5, 5.41) is 3.27. The smallest absolute Gasteiger partial charge is 0.253 e.